The van der Waals surface area contributed by atoms with E-state index in [1.54, 1.807) is 9.45 Å². The Kier molecular flexibility index (Phi) is 10.1. The van der Waals surface area contributed by atoms with Gasteiger partial charge in [-0.15, -0.1) is 0 Å². The van der Waals surface area contributed by atoms with Gasteiger partial charge in [0, 0.05) is 0 Å². The van der Waals surface area contributed by atoms with Crippen molar-refractivity contribution in [3.8, 4) is 0 Å². The summed E-state index contributed by atoms with van der Waals surface area (Å²) in [6.45, 7) is 9.19. The van der Waals surface area contributed by atoms with E-state index >= 15 is 0 Å². The quantitative estimate of drug-likeness (QED) is 0.547. The fourth-order valence-electron chi connectivity index (χ4n) is 1.62. The van der Waals surface area contributed by atoms with Gasteiger partial charge >= 0.3 is 104 Å². The van der Waals surface area contributed by atoms with Crippen LogP contribution in [0.2, 0.25) is 0 Å². The summed E-state index contributed by atoms with van der Waals surface area (Å²) >= 11 is 4.36. The molecule has 0 heterocycles. The first kappa shape index (κ1) is 19.5. The average molecular weight is 314 g/mol. The Morgan fingerprint density at radius 2 is 1.94 bits per heavy atom. The van der Waals surface area contributed by atoms with Crippen molar-refractivity contribution in [2.75, 3.05) is 0 Å². The molecule has 0 spiro atoms. The van der Waals surface area contributed by atoms with E-state index in [9.17, 15) is 0 Å². The fraction of sp³-hybridized carbons (Fsp3) is 0.667. The minimum absolute atomic E-state index is 0. The number of hydrogen-bond acceptors (Lipinski definition) is 1. The van der Waals surface area contributed by atoms with Gasteiger partial charge in [0.05, 0.1) is 0 Å². The molecule has 0 aromatic carbocycles. The second kappa shape index (κ2) is 8.27. The molecule has 1 aliphatic rings. The minimum Gasteiger partial charge on any atom is -1.00 e. The van der Waals surface area contributed by atoms with Crippen molar-refractivity contribution in [3.63, 3.8) is 0 Å². The number of rotatable bonds is 3. The van der Waals surface area contributed by atoms with E-state index in [1.165, 1.54) is 6.42 Å². The van der Waals surface area contributed by atoms with Gasteiger partial charge in [0.1, 0.15) is 0 Å². The molecule has 0 nitrogen and oxygen atoms in total. The van der Waals surface area contributed by atoms with E-state index in [0.717, 1.165) is 6.42 Å². The smallest absolute Gasteiger partial charge is 1.00 e. The van der Waals surface area contributed by atoms with Crippen molar-refractivity contribution < 1.29 is 45.2 Å². The molecule has 0 N–H and O–H groups in total. The standard InChI is InChI=1S/C12H19S.2ClH.Ti/c1-5-11(13-12(2,3)4)10-8-6-7-9-10;;;/h6,8,11H,5,7H2,1-4H3;2*1H;/q;;;+2/p-2. The molecule has 1 aliphatic carbocycles. The number of thioether (sulfide) groups is 1. The maximum atomic E-state index is 2.32. The Labute approximate surface area is 128 Å². The van der Waals surface area contributed by atoms with E-state index in [2.05, 4.69) is 72.0 Å². The van der Waals surface area contributed by atoms with Gasteiger partial charge in [0.2, 0.25) is 0 Å². The maximum absolute atomic E-state index is 2.32. The van der Waals surface area contributed by atoms with Crippen LogP contribution in [0.15, 0.2) is 21.6 Å². The summed E-state index contributed by atoms with van der Waals surface area (Å²) in [6.07, 6.45) is 7.01. The third-order valence-electron chi connectivity index (χ3n) is 2.18. The Hall–Kier alpha value is 1.12. The van der Waals surface area contributed by atoms with Crippen molar-refractivity contribution in [2.45, 2.75) is 50.5 Å². The number of allylic oxidation sites excluding steroid dienone is 3. The maximum Gasteiger partial charge on any atom is -1.00 e. The zero-order chi connectivity index (χ0) is 10.8. The summed E-state index contributed by atoms with van der Waals surface area (Å²) in [6, 6.07) is 0. The van der Waals surface area contributed by atoms with Gasteiger partial charge in [-0.05, 0) is 0 Å². The van der Waals surface area contributed by atoms with E-state index in [4.69, 9.17) is 0 Å². The molecule has 16 heavy (non-hydrogen) atoms. The van der Waals surface area contributed by atoms with Crippen LogP contribution < -0.4 is 24.8 Å². The van der Waals surface area contributed by atoms with Crippen LogP contribution in [0.25, 0.3) is 0 Å². The van der Waals surface area contributed by atoms with Crippen LogP contribution in [0, 0.1) is 0 Å². The second-order valence-electron chi connectivity index (χ2n) is 4.67. The molecule has 0 bridgehead atoms. The zero-order valence-electron chi connectivity index (χ0n) is 10.3. The topological polar surface area (TPSA) is 0 Å². The fourth-order valence-corrected chi connectivity index (χ4v) is 3.73. The van der Waals surface area contributed by atoms with E-state index in [0.29, 0.717) is 10.00 Å². The first-order chi connectivity index (χ1) is 6.44. The van der Waals surface area contributed by atoms with Crippen LogP contribution in [0.3, 0.4) is 0 Å². The molecular formula is C12H19Cl2STi. The summed E-state index contributed by atoms with van der Waals surface area (Å²) in [4.78, 5) is 0. The van der Waals surface area contributed by atoms with E-state index in [-0.39, 0.29) is 24.8 Å². The van der Waals surface area contributed by atoms with Gasteiger partial charge in [-0.2, -0.15) is 0 Å². The predicted molar refractivity (Wildman–Crippen MR) is 62.2 cm³/mol. The van der Waals surface area contributed by atoms with Crippen LogP contribution in [0.4, 0.5) is 0 Å². The molecule has 1 atom stereocenters. The normalized spacial score (nSPS) is 16.9. The summed E-state index contributed by atoms with van der Waals surface area (Å²) in [5, 5.41) is 0.689. The van der Waals surface area contributed by atoms with Crippen LogP contribution in [0.1, 0.15) is 40.5 Å². The first-order valence-electron chi connectivity index (χ1n) is 5.23. The summed E-state index contributed by atoms with van der Waals surface area (Å²) in [7, 11) is 0. The minimum atomic E-state index is 0. The monoisotopic (exact) mass is 313 g/mol. The van der Waals surface area contributed by atoms with Gasteiger partial charge in [-0.3, -0.25) is 0 Å². The van der Waals surface area contributed by atoms with Gasteiger partial charge in [0.25, 0.3) is 0 Å². The molecule has 1 unspecified atom stereocenters. The summed E-state index contributed by atoms with van der Waals surface area (Å²) in [5.41, 5.74) is 1.58. The molecule has 0 aromatic heterocycles. The molecule has 0 aromatic rings. The zero-order valence-corrected chi connectivity index (χ0v) is 14.2. The van der Waals surface area contributed by atoms with E-state index < -0.39 is 0 Å². The molecule has 0 radical (unpaired) electrons. The average Bonchev–Trinajstić information content (AvgIpc) is 2.45. The Morgan fingerprint density at radius 1 is 1.38 bits per heavy atom. The van der Waals surface area contributed by atoms with Gasteiger partial charge in [0.15, 0.2) is 0 Å². The largest absolute Gasteiger partial charge is 1.00 e. The summed E-state index contributed by atoms with van der Waals surface area (Å²) in [5.74, 6) is 0. The molecule has 0 aliphatic heterocycles. The van der Waals surface area contributed by atoms with Gasteiger partial charge < -0.3 is 24.8 Å². The molecule has 1 rings (SSSR count). The van der Waals surface area contributed by atoms with Gasteiger partial charge in [-0.1, -0.05) is 0 Å². The SMILES string of the molecule is CCC(SC(C)(C)C)C1=[C]([Ti+2])CC=C1.[Cl-].[Cl-]. The van der Waals surface area contributed by atoms with Crippen LogP contribution in [-0.4, -0.2) is 10.00 Å². The molecule has 0 saturated heterocycles. The van der Waals surface area contributed by atoms with Crippen molar-refractivity contribution in [1.82, 2.24) is 0 Å². The molecule has 0 fully saturated rings. The van der Waals surface area contributed by atoms with Crippen LogP contribution >= 0.6 is 11.8 Å². The molecule has 4 heteroatoms. The third-order valence-corrected chi connectivity index (χ3v) is 4.53. The van der Waals surface area contributed by atoms with Crippen molar-refractivity contribution in [2.24, 2.45) is 0 Å². The number of hydrogen-bond donors (Lipinski definition) is 0. The summed E-state index contributed by atoms with van der Waals surface area (Å²) < 4.78 is 1.93. The van der Waals surface area contributed by atoms with Crippen LogP contribution in [0.5, 0.6) is 0 Å². The molecule has 0 amide bonds. The second-order valence-corrected chi connectivity index (χ2v) is 7.64. The molecule has 91 valence electrons. The van der Waals surface area contributed by atoms with Crippen molar-refractivity contribution >= 4 is 11.8 Å². The number of halogens is 2. The Balaban J connectivity index is 0. The van der Waals surface area contributed by atoms with Crippen LogP contribution in [-0.2, 0) is 20.4 Å². The Bertz CT molecular complexity index is 267. The molecular weight excluding hydrogens is 295 g/mol. The van der Waals surface area contributed by atoms with Crippen molar-refractivity contribution in [3.05, 3.63) is 21.6 Å². The predicted octanol–water partition coefficient (Wildman–Crippen LogP) is -1.93. The molecule has 0 saturated carbocycles. The van der Waals surface area contributed by atoms with Crippen molar-refractivity contribution in [1.29, 1.82) is 0 Å². The Morgan fingerprint density at radius 3 is 2.25 bits per heavy atom. The van der Waals surface area contributed by atoms with Gasteiger partial charge in [-0.25, -0.2) is 0 Å². The third kappa shape index (κ3) is 6.16. The first-order valence-corrected chi connectivity index (χ1v) is 6.89. The van der Waals surface area contributed by atoms with E-state index in [1.807, 2.05) is 0 Å².